The van der Waals surface area contributed by atoms with Crippen LogP contribution < -0.4 is 10.1 Å². The fourth-order valence-electron chi connectivity index (χ4n) is 2.75. The van der Waals surface area contributed by atoms with E-state index in [0.29, 0.717) is 18.9 Å². The van der Waals surface area contributed by atoms with Crippen molar-refractivity contribution in [1.82, 2.24) is 10.1 Å². The summed E-state index contributed by atoms with van der Waals surface area (Å²) in [6.45, 7) is 4.16. The first-order chi connectivity index (χ1) is 14.8. The molecule has 3 rings (SSSR count). The number of nitrogens with zero attached hydrogens (tertiary/aromatic N) is 2. The Bertz CT molecular complexity index is 1030. The van der Waals surface area contributed by atoms with Gasteiger partial charge in [-0.05, 0) is 31.5 Å². The van der Waals surface area contributed by atoms with Gasteiger partial charge in [-0.1, -0.05) is 41.9 Å². The SMILES string of the molecule is CCCOc1ccc(C(F)(F)F)cc1NC(=O)CCc1nc(-c2ccc(C)cc2)no1. The van der Waals surface area contributed by atoms with Gasteiger partial charge in [0.15, 0.2) is 0 Å². The third-order valence-electron chi connectivity index (χ3n) is 4.39. The molecule has 0 unspecified atom stereocenters. The van der Waals surface area contributed by atoms with Crippen LogP contribution in [0.3, 0.4) is 0 Å². The number of benzene rings is 2. The maximum absolute atomic E-state index is 13.0. The van der Waals surface area contributed by atoms with Crippen molar-refractivity contribution in [2.45, 2.75) is 39.3 Å². The van der Waals surface area contributed by atoms with E-state index in [1.54, 1.807) is 0 Å². The van der Waals surface area contributed by atoms with Gasteiger partial charge in [-0.25, -0.2) is 0 Å². The lowest BCUT2D eigenvalue weighted by Gasteiger charge is -2.15. The quantitative estimate of drug-likeness (QED) is 0.513. The van der Waals surface area contributed by atoms with Crippen LogP contribution in [-0.4, -0.2) is 22.7 Å². The highest BCUT2D eigenvalue weighted by molar-refractivity contribution is 5.92. The predicted molar refractivity (Wildman–Crippen MR) is 109 cm³/mol. The summed E-state index contributed by atoms with van der Waals surface area (Å²) < 4.78 is 49.8. The first kappa shape index (κ1) is 22.3. The molecule has 6 nitrogen and oxygen atoms in total. The maximum atomic E-state index is 13.0. The molecule has 0 saturated carbocycles. The fraction of sp³-hybridized carbons (Fsp3) is 0.318. The van der Waals surface area contributed by atoms with Gasteiger partial charge in [0, 0.05) is 18.4 Å². The molecule has 1 N–H and O–H groups in total. The van der Waals surface area contributed by atoms with Crippen LogP contribution in [0.4, 0.5) is 18.9 Å². The highest BCUT2D eigenvalue weighted by atomic mass is 19.4. The Kier molecular flexibility index (Phi) is 6.94. The zero-order valence-electron chi connectivity index (χ0n) is 17.1. The molecule has 0 aliphatic carbocycles. The Labute approximate surface area is 177 Å². The normalized spacial score (nSPS) is 11.4. The van der Waals surface area contributed by atoms with Crippen LogP contribution in [0.5, 0.6) is 5.75 Å². The first-order valence-electron chi connectivity index (χ1n) is 9.80. The summed E-state index contributed by atoms with van der Waals surface area (Å²) in [5.74, 6) is 0.360. The summed E-state index contributed by atoms with van der Waals surface area (Å²) in [5.41, 5.74) is 0.984. The number of hydrogen-bond acceptors (Lipinski definition) is 5. The molecule has 0 aliphatic heterocycles. The van der Waals surface area contributed by atoms with Gasteiger partial charge in [-0.3, -0.25) is 4.79 Å². The number of nitrogens with one attached hydrogen (secondary N) is 1. The minimum absolute atomic E-state index is 0.0286. The van der Waals surface area contributed by atoms with Crippen molar-refractivity contribution in [3.05, 3.63) is 59.5 Å². The monoisotopic (exact) mass is 433 g/mol. The molecule has 1 aromatic heterocycles. The number of rotatable bonds is 8. The smallest absolute Gasteiger partial charge is 0.416 e. The van der Waals surface area contributed by atoms with Gasteiger partial charge >= 0.3 is 6.18 Å². The van der Waals surface area contributed by atoms with Crippen LogP contribution in [0.25, 0.3) is 11.4 Å². The molecular formula is C22H22F3N3O3. The van der Waals surface area contributed by atoms with Gasteiger partial charge in [-0.15, -0.1) is 0 Å². The second-order valence-corrected chi connectivity index (χ2v) is 6.98. The van der Waals surface area contributed by atoms with Crippen molar-refractivity contribution in [2.75, 3.05) is 11.9 Å². The van der Waals surface area contributed by atoms with Crippen molar-refractivity contribution < 1.29 is 27.2 Å². The van der Waals surface area contributed by atoms with Gasteiger partial charge in [0.2, 0.25) is 17.6 Å². The van der Waals surface area contributed by atoms with Crippen LogP contribution >= 0.6 is 0 Å². The zero-order chi connectivity index (χ0) is 22.4. The number of alkyl halides is 3. The van der Waals surface area contributed by atoms with E-state index in [4.69, 9.17) is 9.26 Å². The summed E-state index contributed by atoms with van der Waals surface area (Å²) in [6, 6.07) is 10.6. The number of carbonyl (C=O) groups is 1. The van der Waals surface area contributed by atoms with Crippen molar-refractivity contribution >= 4 is 11.6 Å². The molecule has 2 aromatic carbocycles. The first-order valence-corrected chi connectivity index (χ1v) is 9.80. The van der Waals surface area contributed by atoms with E-state index in [1.165, 1.54) is 6.07 Å². The second-order valence-electron chi connectivity index (χ2n) is 6.98. The summed E-state index contributed by atoms with van der Waals surface area (Å²) in [5, 5.41) is 6.39. The summed E-state index contributed by atoms with van der Waals surface area (Å²) in [4.78, 5) is 16.6. The topological polar surface area (TPSA) is 77.2 Å². The molecule has 0 bridgehead atoms. The number of anilines is 1. The Hall–Kier alpha value is -3.36. The Morgan fingerprint density at radius 2 is 1.90 bits per heavy atom. The molecule has 1 heterocycles. The molecule has 0 aliphatic rings. The largest absolute Gasteiger partial charge is 0.491 e. The standard InChI is InChI=1S/C22H22F3N3O3/c1-3-12-30-18-9-8-16(22(23,24)25)13-17(18)26-19(29)10-11-20-27-21(28-31-20)15-6-4-14(2)5-7-15/h4-9,13H,3,10-12H2,1-2H3,(H,26,29). The van der Waals surface area contributed by atoms with Crippen molar-refractivity contribution in [3.63, 3.8) is 0 Å². The van der Waals surface area contributed by atoms with E-state index in [2.05, 4.69) is 15.5 Å². The number of aryl methyl sites for hydroxylation is 2. The van der Waals surface area contributed by atoms with E-state index in [-0.39, 0.29) is 30.2 Å². The number of amides is 1. The number of ether oxygens (including phenoxy) is 1. The molecular weight excluding hydrogens is 411 g/mol. The third-order valence-corrected chi connectivity index (χ3v) is 4.39. The van der Waals surface area contributed by atoms with Gasteiger partial charge in [-0.2, -0.15) is 18.2 Å². The van der Waals surface area contributed by atoms with Crippen LogP contribution in [0, 0.1) is 6.92 Å². The Morgan fingerprint density at radius 1 is 1.16 bits per heavy atom. The van der Waals surface area contributed by atoms with Crippen LogP contribution in [0.1, 0.15) is 36.8 Å². The lowest BCUT2D eigenvalue weighted by Crippen LogP contribution is -2.15. The Morgan fingerprint density at radius 3 is 2.58 bits per heavy atom. The minimum Gasteiger partial charge on any atom is -0.491 e. The molecule has 31 heavy (non-hydrogen) atoms. The van der Waals surface area contributed by atoms with Crippen molar-refractivity contribution in [1.29, 1.82) is 0 Å². The van der Waals surface area contributed by atoms with E-state index >= 15 is 0 Å². The zero-order valence-corrected chi connectivity index (χ0v) is 17.1. The fourth-order valence-corrected chi connectivity index (χ4v) is 2.75. The summed E-state index contributed by atoms with van der Waals surface area (Å²) in [7, 11) is 0. The average Bonchev–Trinajstić information content (AvgIpc) is 3.20. The van der Waals surface area contributed by atoms with Crippen LogP contribution in [0.2, 0.25) is 0 Å². The molecule has 0 saturated heterocycles. The molecule has 3 aromatic rings. The van der Waals surface area contributed by atoms with Gasteiger partial charge in [0.05, 0.1) is 17.9 Å². The Balaban J connectivity index is 1.65. The molecule has 1 amide bonds. The van der Waals surface area contributed by atoms with Crippen LogP contribution in [-0.2, 0) is 17.4 Å². The highest BCUT2D eigenvalue weighted by Crippen LogP contribution is 2.35. The van der Waals surface area contributed by atoms with E-state index in [9.17, 15) is 18.0 Å². The molecule has 0 atom stereocenters. The predicted octanol–water partition coefficient (Wildman–Crippen LogP) is 5.42. The number of aromatic nitrogens is 2. The highest BCUT2D eigenvalue weighted by Gasteiger charge is 2.31. The van der Waals surface area contributed by atoms with Crippen LogP contribution in [0.15, 0.2) is 47.0 Å². The molecule has 0 fully saturated rings. The molecule has 164 valence electrons. The number of hydrogen-bond donors (Lipinski definition) is 1. The van der Waals surface area contributed by atoms with E-state index < -0.39 is 17.6 Å². The lowest BCUT2D eigenvalue weighted by atomic mass is 10.1. The summed E-state index contributed by atoms with van der Waals surface area (Å²) in [6.07, 6.45) is -3.75. The lowest BCUT2D eigenvalue weighted by molar-refractivity contribution is -0.137. The van der Waals surface area contributed by atoms with Gasteiger partial charge in [0.1, 0.15) is 5.75 Å². The summed E-state index contributed by atoms with van der Waals surface area (Å²) >= 11 is 0. The van der Waals surface area contributed by atoms with Gasteiger partial charge < -0.3 is 14.6 Å². The van der Waals surface area contributed by atoms with E-state index in [1.807, 2.05) is 38.1 Å². The van der Waals surface area contributed by atoms with Gasteiger partial charge in [0.25, 0.3) is 0 Å². The minimum atomic E-state index is -4.53. The maximum Gasteiger partial charge on any atom is 0.416 e. The van der Waals surface area contributed by atoms with Crippen molar-refractivity contribution in [3.8, 4) is 17.1 Å². The third kappa shape index (κ3) is 6.07. The molecule has 0 radical (unpaired) electrons. The average molecular weight is 433 g/mol. The molecule has 0 spiro atoms. The number of carbonyl (C=O) groups excluding carboxylic acids is 1. The second kappa shape index (κ2) is 9.63. The molecule has 9 heteroatoms. The van der Waals surface area contributed by atoms with Crippen molar-refractivity contribution in [2.24, 2.45) is 0 Å². The number of halogens is 3. The van der Waals surface area contributed by atoms with E-state index in [0.717, 1.165) is 23.3 Å².